The smallest absolute Gasteiger partial charge is 0.217 e. The molecule has 0 spiro atoms. The van der Waals surface area contributed by atoms with Crippen LogP contribution in [0.25, 0.3) is 0 Å². The summed E-state index contributed by atoms with van der Waals surface area (Å²) < 4.78 is 24.2. The minimum atomic E-state index is -0.766. The van der Waals surface area contributed by atoms with E-state index in [4.69, 9.17) is 0 Å². The number of hydrogen-bond acceptors (Lipinski definition) is 1. The number of nitrogens with one attached hydrogen (secondary N) is 1. The van der Waals surface area contributed by atoms with Crippen molar-refractivity contribution in [3.8, 4) is 0 Å². The first-order valence-corrected chi connectivity index (χ1v) is 3.42. The lowest BCUT2D eigenvalue weighted by Gasteiger charge is -2.03. The average molecular weight is 175 g/mol. The Bertz CT molecular complexity index is 211. The number of hydrogen-bond donors (Lipinski definition) is 1. The van der Waals surface area contributed by atoms with Gasteiger partial charge in [0.05, 0.1) is 0 Å². The lowest BCUT2D eigenvalue weighted by molar-refractivity contribution is -0.118. The predicted octanol–water partition coefficient (Wildman–Crippen LogP) is 1.50. The first-order valence-electron chi connectivity index (χ1n) is 3.42. The molecule has 0 aromatic rings. The molecule has 0 radical (unpaired) electrons. The van der Waals surface area contributed by atoms with Crippen molar-refractivity contribution in [3.05, 3.63) is 24.1 Å². The minimum absolute atomic E-state index is 0.0193. The van der Waals surface area contributed by atoms with Crippen molar-refractivity contribution in [2.45, 2.75) is 6.92 Å². The highest BCUT2D eigenvalue weighted by Crippen LogP contribution is 2.07. The van der Waals surface area contributed by atoms with Crippen LogP contribution in [0.2, 0.25) is 0 Å². The zero-order chi connectivity index (χ0) is 9.56. The highest BCUT2D eigenvalue weighted by Gasteiger charge is 2.01. The van der Waals surface area contributed by atoms with Gasteiger partial charge in [0.15, 0.2) is 0 Å². The van der Waals surface area contributed by atoms with E-state index in [1.165, 1.54) is 6.92 Å². The molecule has 0 aliphatic carbocycles. The van der Waals surface area contributed by atoms with Crippen LogP contribution in [0.4, 0.5) is 8.78 Å². The molecule has 0 saturated heterocycles. The van der Waals surface area contributed by atoms with E-state index in [-0.39, 0.29) is 18.0 Å². The van der Waals surface area contributed by atoms with Gasteiger partial charge in [-0.25, -0.2) is 8.78 Å². The molecule has 12 heavy (non-hydrogen) atoms. The molecule has 0 aromatic heterocycles. The van der Waals surface area contributed by atoms with Gasteiger partial charge in [-0.2, -0.15) is 0 Å². The van der Waals surface area contributed by atoms with E-state index in [9.17, 15) is 13.6 Å². The number of carbonyl (C=O) groups excluding carboxylic acids is 1. The van der Waals surface area contributed by atoms with Gasteiger partial charge in [0.1, 0.15) is 12.5 Å². The third-order valence-corrected chi connectivity index (χ3v) is 1.20. The number of amides is 1. The standard InChI is InChI=1S/C8H11F2NO/c1-6(10)8(3-4-9)5-11-7(2)12/h3H,1,4-5H2,2H3,(H,11,12). The molecule has 4 heteroatoms. The van der Waals surface area contributed by atoms with Crippen LogP contribution in [0.1, 0.15) is 6.92 Å². The first kappa shape index (κ1) is 10.8. The molecule has 0 saturated carbocycles. The highest BCUT2D eigenvalue weighted by atomic mass is 19.1. The largest absolute Gasteiger partial charge is 0.352 e. The van der Waals surface area contributed by atoms with Crippen molar-refractivity contribution in [1.82, 2.24) is 5.32 Å². The Morgan fingerprint density at radius 2 is 2.25 bits per heavy atom. The van der Waals surface area contributed by atoms with Crippen LogP contribution in [0.5, 0.6) is 0 Å². The van der Waals surface area contributed by atoms with E-state index in [0.717, 1.165) is 6.08 Å². The Hall–Kier alpha value is -1.19. The third-order valence-electron chi connectivity index (χ3n) is 1.20. The maximum absolute atomic E-state index is 12.4. The minimum Gasteiger partial charge on any atom is -0.352 e. The molecule has 1 amide bonds. The van der Waals surface area contributed by atoms with E-state index in [2.05, 4.69) is 11.9 Å². The molecule has 68 valence electrons. The van der Waals surface area contributed by atoms with Gasteiger partial charge in [0.2, 0.25) is 5.91 Å². The molecule has 1 N–H and O–H groups in total. The molecular formula is C8H11F2NO. The van der Waals surface area contributed by atoms with Crippen molar-refractivity contribution < 1.29 is 13.6 Å². The fourth-order valence-electron chi connectivity index (χ4n) is 0.592. The second kappa shape index (κ2) is 5.46. The van der Waals surface area contributed by atoms with Crippen molar-refractivity contribution in [2.75, 3.05) is 13.2 Å². The summed E-state index contributed by atoms with van der Waals surface area (Å²) in [7, 11) is 0. The summed E-state index contributed by atoms with van der Waals surface area (Å²) >= 11 is 0. The fourth-order valence-corrected chi connectivity index (χ4v) is 0.592. The van der Waals surface area contributed by atoms with Gasteiger partial charge in [-0.15, -0.1) is 0 Å². The Morgan fingerprint density at radius 1 is 1.67 bits per heavy atom. The van der Waals surface area contributed by atoms with Crippen LogP contribution >= 0.6 is 0 Å². The molecule has 0 atom stereocenters. The Kier molecular flexibility index (Phi) is 4.92. The Balaban J connectivity index is 4.06. The third kappa shape index (κ3) is 4.60. The molecule has 2 nitrogen and oxygen atoms in total. The topological polar surface area (TPSA) is 29.1 Å². The van der Waals surface area contributed by atoms with Gasteiger partial charge < -0.3 is 5.32 Å². The van der Waals surface area contributed by atoms with Gasteiger partial charge in [0.25, 0.3) is 0 Å². The average Bonchev–Trinajstić information content (AvgIpc) is 1.96. The number of alkyl halides is 1. The predicted molar refractivity (Wildman–Crippen MR) is 43.0 cm³/mol. The SMILES string of the molecule is C=C(F)C(=CCF)CNC(C)=O. The molecule has 0 heterocycles. The summed E-state index contributed by atoms with van der Waals surface area (Å²) in [6.07, 6.45) is 1.04. The van der Waals surface area contributed by atoms with Crippen LogP contribution in [0.15, 0.2) is 24.1 Å². The Morgan fingerprint density at radius 3 is 2.58 bits per heavy atom. The summed E-state index contributed by atoms with van der Waals surface area (Å²) in [5, 5.41) is 2.34. The maximum atomic E-state index is 12.4. The molecular weight excluding hydrogens is 164 g/mol. The van der Waals surface area contributed by atoms with Crippen LogP contribution in [-0.2, 0) is 4.79 Å². The summed E-state index contributed by atoms with van der Waals surface area (Å²) in [6, 6.07) is 0. The van der Waals surface area contributed by atoms with Crippen LogP contribution in [0.3, 0.4) is 0 Å². The van der Waals surface area contributed by atoms with Gasteiger partial charge >= 0.3 is 0 Å². The molecule has 0 rings (SSSR count). The molecule has 0 unspecified atom stereocenters. The quantitative estimate of drug-likeness (QED) is 0.644. The molecule has 0 bridgehead atoms. The van der Waals surface area contributed by atoms with E-state index >= 15 is 0 Å². The van der Waals surface area contributed by atoms with E-state index in [0.29, 0.717) is 0 Å². The monoisotopic (exact) mass is 175 g/mol. The van der Waals surface area contributed by atoms with Crippen molar-refractivity contribution in [2.24, 2.45) is 0 Å². The maximum Gasteiger partial charge on any atom is 0.217 e. The van der Waals surface area contributed by atoms with Crippen molar-refractivity contribution in [3.63, 3.8) is 0 Å². The second-order valence-electron chi connectivity index (χ2n) is 2.20. The van der Waals surface area contributed by atoms with Gasteiger partial charge in [0, 0.05) is 19.0 Å². The fraction of sp³-hybridized carbons (Fsp3) is 0.375. The number of carbonyl (C=O) groups is 1. The van der Waals surface area contributed by atoms with Crippen LogP contribution in [-0.4, -0.2) is 19.1 Å². The van der Waals surface area contributed by atoms with Gasteiger partial charge in [-0.05, 0) is 6.08 Å². The number of halogens is 2. The zero-order valence-electron chi connectivity index (χ0n) is 6.86. The summed E-state index contributed by atoms with van der Waals surface area (Å²) in [6.45, 7) is 3.51. The van der Waals surface area contributed by atoms with E-state index in [1.54, 1.807) is 0 Å². The van der Waals surface area contributed by atoms with Crippen LogP contribution in [0, 0.1) is 0 Å². The van der Waals surface area contributed by atoms with Crippen molar-refractivity contribution in [1.29, 1.82) is 0 Å². The first-order chi connectivity index (χ1) is 5.57. The van der Waals surface area contributed by atoms with Crippen molar-refractivity contribution >= 4 is 5.91 Å². The van der Waals surface area contributed by atoms with Gasteiger partial charge in [-0.1, -0.05) is 6.58 Å². The molecule has 0 aliphatic rings. The highest BCUT2D eigenvalue weighted by molar-refractivity contribution is 5.73. The zero-order valence-corrected chi connectivity index (χ0v) is 6.86. The number of allylic oxidation sites excluding steroid dienone is 1. The van der Waals surface area contributed by atoms with E-state index in [1.807, 2.05) is 0 Å². The van der Waals surface area contributed by atoms with E-state index < -0.39 is 12.5 Å². The summed E-state index contributed by atoms with van der Waals surface area (Å²) in [4.78, 5) is 10.4. The molecule has 0 fully saturated rings. The molecule has 0 aromatic carbocycles. The number of rotatable bonds is 4. The lowest BCUT2D eigenvalue weighted by Crippen LogP contribution is -2.22. The normalized spacial score (nSPS) is 11.1. The second-order valence-corrected chi connectivity index (χ2v) is 2.20. The summed E-state index contributed by atoms with van der Waals surface area (Å²) in [5.74, 6) is -1.01. The lowest BCUT2D eigenvalue weighted by atomic mass is 10.2. The van der Waals surface area contributed by atoms with Gasteiger partial charge in [-0.3, -0.25) is 4.79 Å². The Labute approximate surface area is 70.0 Å². The van der Waals surface area contributed by atoms with Crippen LogP contribution < -0.4 is 5.32 Å². The molecule has 0 aliphatic heterocycles. The summed E-state index contributed by atoms with van der Waals surface area (Å²) in [5.41, 5.74) is 0.0766.